The van der Waals surface area contributed by atoms with E-state index in [1.807, 2.05) is 30.3 Å². The largest absolute Gasteiger partial charge is 0.506 e. The van der Waals surface area contributed by atoms with Crippen molar-refractivity contribution in [2.45, 2.75) is 19.9 Å². The molecule has 0 radical (unpaired) electrons. The fourth-order valence-corrected chi connectivity index (χ4v) is 2.79. The molecular weight excluding hydrogens is 324 g/mol. The average molecular weight is 346 g/mol. The summed E-state index contributed by atoms with van der Waals surface area (Å²) in [5.74, 6) is -0.197. The van der Waals surface area contributed by atoms with Gasteiger partial charge in [-0.25, -0.2) is 0 Å². The van der Waals surface area contributed by atoms with E-state index in [1.54, 1.807) is 30.3 Å². The quantitative estimate of drug-likeness (QED) is 0.561. The van der Waals surface area contributed by atoms with Crippen LogP contribution in [0.4, 0.5) is 11.4 Å². The zero-order valence-corrected chi connectivity index (χ0v) is 14.7. The van der Waals surface area contributed by atoms with Crippen LogP contribution in [0.3, 0.4) is 0 Å². The van der Waals surface area contributed by atoms with E-state index in [-0.39, 0.29) is 11.7 Å². The molecule has 0 bridgehead atoms. The van der Waals surface area contributed by atoms with E-state index in [1.165, 1.54) is 5.56 Å². The number of nitrogens with one attached hydrogen (secondary N) is 2. The third-order valence-electron chi connectivity index (χ3n) is 4.22. The van der Waals surface area contributed by atoms with E-state index in [9.17, 15) is 9.90 Å². The first-order valence-corrected chi connectivity index (χ1v) is 8.67. The van der Waals surface area contributed by atoms with Crippen LogP contribution in [0, 0.1) is 0 Å². The number of carbonyl (C=O) groups is 1. The molecule has 132 valence electrons. The lowest BCUT2D eigenvalue weighted by Gasteiger charge is -2.12. The van der Waals surface area contributed by atoms with Gasteiger partial charge in [0, 0.05) is 17.8 Å². The van der Waals surface area contributed by atoms with Crippen LogP contribution in [0.2, 0.25) is 0 Å². The second kappa shape index (κ2) is 8.21. The normalized spacial score (nSPS) is 10.3. The lowest BCUT2D eigenvalue weighted by molar-refractivity contribution is 0.102. The van der Waals surface area contributed by atoms with Gasteiger partial charge in [0.2, 0.25) is 0 Å². The molecule has 0 saturated heterocycles. The van der Waals surface area contributed by atoms with Crippen molar-refractivity contribution in [2.24, 2.45) is 0 Å². The Hall–Kier alpha value is -3.27. The maximum atomic E-state index is 12.5. The standard InChI is InChI=1S/C22H22N2O2/c1-2-17-9-3-4-11-19(17)23-15-16-8-7-10-18(14-16)22(26)24-20-12-5-6-13-21(20)25/h3-14,23,25H,2,15H2,1H3,(H,24,26). The maximum absolute atomic E-state index is 12.5. The molecule has 0 aliphatic heterocycles. The SMILES string of the molecule is CCc1ccccc1NCc1cccc(C(=O)Nc2ccccc2O)c1. The van der Waals surface area contributed by atoms with Gasteiger partial charge in [-0.1, -0.05) is 49.4 Å². The van der Waals surface area contributed by atoms with E-state index in [2.05, 4.69) is 29.7 Å². The molecule has 0 heterocycles. The second-order valence-electron chi connectivity index (χ2n) is 6.04. The van der Waals surface area contributed by atoms with Gasteiger partial charge in [-0.05, 0) is 47.9 Å². The topological polar surface area (TPSA) is 61.4 Å². The molecule has 0 fully saturated rings. The van der Waals surface area contributed by atoms with Gasteiger partial charge in [0.05, 0.1) is 5.69 Å². The van der Waals surface area contributed by atoms with E-state index < -0.39 is 0 Å². The maximum Gasteiger partial charge on any atom is 0.255 e. The van der Waals surface area contributed by atoms with Crippen molar-refractivity contribution in [3.8, 4) is 5.75 Å². The molecule has 3 N–H and O–H groups in total. The van der Waals surface area contributed by atoms with Crippen molar-refractivity contribution in [1.29, 1.82) is 0 Å². The Morgan fingerprint density at radius 2 is 1.65 bits per heavy atom. The Morgan fingerprint density at radius 3 is 2.42 bits per heavy atom. The molecule has 3 aromatic carbocycles. The van der Waals surface area contributed by atoms with E-state index in [4.69, 9.17) is 0 Å². The number of phenols is 1. The molecular formula is C22H22N2O2. The first kappa shape index (κ1) is 17.5. The molecule has 3 aromatic rings. The molecule has 0 atom stereocenters. The summed E-state index contributed by atoms with van der Waals surface area (Å²) in [6.45, 7) is 2.76. The molecule has 1 amide bonds. The molecule has 4 heteroatoms. The zero-order valence-electron chi connectivity index (χ0n) is 14.7. The lowest BCUT2D eigenvalue weighted by atomic mass is 10.1. The van der Waals surface area contributed by atoms with Crippen LogP contribution in [0.25, 0.3) is 0 Å². The third kappa shape index (κ3) is 4.22. The van der Waals surface area contributed by atoms with Crippen LogP contribution in [0.15, 0.2) is 72.8 Å². The van der Waals surface area contributed by atoms with Crippen LogP contribution in [-0.2, 0) is 13.0 Å². The first-order valence-electron chi connectivity index (χ1n) is 8.67. The van der Waals surface area contributed by atoms with Crippen molar-refractivity contribution in [3.63, 3.8) is 0 Å². The minimum absolute atomic E-state index is 0.0508. The molecule has 0 spiro atoms. The van der Waals surface area contributed by atoms with Gasteiger partial charge in [0.1, 0.15) is 5.75 Å². The molecule has 26 heavy (non-hydrogen) atoms. The Bertz CT molecular complexity index is 906. The Labute approximate surface area is 153 Å². The van der Waals surface area contributed by atoms with Gasteiger partial charge in [-0.3, -0.25) is 4.79 Å². The van der Waals surface area contributed by atoms with Crippen LogP contribution < -0.4 is 10.6 Å². The number of para-hydroxylation sites is 3. The highest BCUT2D eigenvalue weighted by atomic mass is 16.3. The van der Waals surface area contributed by atoms with E-state index >= 15 is 0 Å². The molecule has 3 rings (SSSR count). The number of benzene rings is 3. The average Bonchev–Trinajstić information content (AvgIpc) is 2.68. The highest BCUT2D eigenvalue weighted by Crippen LogP contribution is 2.22. The lowest BCUT2D eigenvalue weighted by Crippen LogP contribution is -2.12. The minimum atomic E-state index is -0.248. The van der Waals surface area contributed by atoms with Crippen molar-refractivity contribution in [2.75, 3.05) is 10.6 Å². The molecule has 0 unspecified atom stereocenters. The zero-order chi connectivity index (χ0) is 18.4. The monoisotopic (exact) mass is 346 g/mol. The molecule has 0 aliphatic carbocycles. The number of hydrogen-bond acceptors (Lipinski definition) is 3. The number of hydrogen-bond donors (Lipinski definition) is 3. The summed E-state index contributed by atoms with van der Waals surface area (Å²) in [5.41, 5.74) is 4.34. The predicted octanol–water partition coefficient (Wildman–Crippen LogP) is 4.82. The summed E-state index contributed by atoms with van der Waals surface area (Å²) in [4.78, 5) is 12.5. The van der Waals surface area contributed by atoms with Gasteiger partial charge < -0.3 is 15.7 Å². The molecule has 0 saturated carbocycles. The van der Waals surface area contributed by atoms with Crippen molar-refractivity contribution >= 4 is 17.3 Å². The smallest absolute Gasteiger partial charge is 0.255 e. The Balaban J connectivity index is 1.70. The summed E-state index contributed by atoms with van der Waals surface area (Å²) in [6, 6.07) is 22.4. The molecule has 0 aromatic heterocycles. The summed E-state index contributed by atoms with van der Waals surface area (Å²) in [7, 11) is 0. The highest BCUT2D eigenvalue weighted by Gasteiger charge is 2.09. The number of aromatic hydroxyl groups is 1. The summed E-state index contributed by atoms with van der Waals surface area (Å²) in [6.07, 6.45) is 0.964. The fourth-order valence-electron chi connectivity index (χ4n) is 2.79. The summed E-state index contributed by atoms with van der Waals surface area (Å²) in [5, 5.41) is 16.0. The predicted molar refractivity (Wildman–Crippen MR) is 106 cm³/mol. The van der Waals surface area contributed by atoms with Crippen LogP contribution in [0.1, 0.15) is 28.4 Å². The van der Waals surface area contributed by atoms with Crippen LogP contribution in [-0.4, -0.2) is 11.0 Å². The van der Waals surface area contributed by atoms with E-state index in [0.717, 1.165) is 17.7 Å². The van der Waals surface area contributed by atoms with Crippen molar-refractivity contribution in [1.82, 2.24) is 0 Å². The third-order valence-corrected chi connectivity index (χ3v) is 4.22. The van der Waals surface area contributed by atoms with Crippen LogP contribution in [0.5, 0.6) is 5.75 Å². The minimum Gasteiger partial charge on any atom is -0.506 e. The van der Waals surface area contributed by atoms with Crippen molar-refractivity contribution < 1.29 is 9.90 Å². The Morgan fingerprint density at radius 1 is 0.923 bits per heavy atom. The first-order chi connectivity index (χ1) is 12.7. The molecule has 4 nitrogen and oxygen atoms in total. The number of aryl methyl sites for hydroxylation is 1. The van der Waals surface area contributed by atoms with Gasteiger partial charge in [-0.15, -0.1) is 0 Å². The van der Waals surface area contributed by atoms with Gasteiger partial charge in [0.25, 0.3) is 5.91 Å². The van der Waals surface area contributed by atoms with Crippen LogP contribution >= 0.6 is 0 Å². The highest BCUT2D eigenvalue weighted by molar-refractivity contribution is 6.05. The Kier molecular flexibility index (Phi) is 5.54. The number of anilines is 2. The number of rotatable bonds is 6. The number of phenolic OH excluding ortho intramolecular Hbond substituents is 1. The number of amides is 1. The van der Waals surface area contributed by atoms with Gasteiger partial charge in [-0.2, -0.15) is 0 Å². The summed E-state index contributed by atoms with van der Waals surface area (Å²) >= 11 is 0. The van der Waals surface area contributed by atoms with E-state index in [0.29, 0.717) is 17.8 Å². The second-order valence-corrected chi connectivity index (χ2v) is 6.04. The number of carbonyl (C=O) groups excluding carboxylic acids is 1. The summed E-state index contributed by atoms with van der Waals surface area (Å²) < 4.78 is 0. The molecule has 0 aliphatic rings. The van der Waals surface area contributed by atoms with Gasteiger partial charge >= 0.3 is 0 Å². The fraction of sp³-hybridized carbons (Fsp3) is 0.136. The van der Waals surface area contributed by atoms with Gasteiger partial charge in [0.15, 0.2) is 0 Å². The van der Waals surface area contributed by atoms with Crippen molar-refractivity contribution in [3.05, 3.63) is 89.5 Å².